The maximum Gasteiger partial charge on any atom is 0.297 e. The van der Waals surface area contributed by atoms with Gasteiger partial charge in [-0.15, -0.1) is 0 Å². The van der Waals surface area contributed by atoms with Crippen molar-refractivity contribution in [2.24, 2.45) is 22.7 Å². The molecule has 0 unspecified atom stereocenters. The first-order valence-corrected chi connectivity index (χ1v) is 18.9. The van der Waals surface area contributed by atoms with Gasteiger partial charge in [0, 0.05) is 23.9 Å². The molecule has 0 amide bonds. The number of hydrogen-bond acceptors (Lipinski definition) is 10. The van der Waals surface area contributed by atoms with Crippen LogP contribution in [0.25, 0.3) is 0 Å². The second-order valence-electron chi connectivity index (χ2n) is 14.1. The third-order valence-electron chi connectivity index (χ3n) is 11.8. The van der Waals surface area contributed by atoms with Crippen molar-refractivity contribution in [2.75, 3.05) is 34.0 Å². The highest BCUT2D eigenvalue weighted by Crippen LogP contribution is 2.68. The van der Waals surface area contributed by atoms with E-state index in [1.807, 2.05) is 6.92 Å². The van der Waals surface area contributed by atoms with Gasteiger partial charge in [-0.2, -0.15) is 16.8 Å². The monoisotopic (exact) mass is 678 g/mol. The summed E-state index contributed by atoms with van der Waals surface area (Å²) in [6.45, 7) is 7.46. The summed E-state index contributed by atoms with van der Waals surface area (Å²) in [5, 5.41) is 0. The SMILES string of the molecule is COc1ccc(S(=O)(=O)OC[C@]2(C)[C@@H](OS(=O)(=O)c3ccc(OC)cc3)CC[C@@]3(C)[C@@H]2CC[C@@H](C)[C@@]32CC[C@]3(CCOC3)O2)cc1. The molecule has 12 heteroatoms. The summed E-state index contributed by atoms with van der Waals surface area (Å²) in [5.74, 6) is 1.17. The molecule has 2 aliphatic carbocycles. The van der Waals surface area contributed by atoms with E-state index < -0.39 is 37.4 Å². The van der Waals surface area contributed by atoms with Crippen molar-refractivity contribution in [3.05, 3.63) is 48.5 Å². The average Bonchev–Trinajstić information content (AvgIpc) is 3.68. The molecular weight excluding hydrogens is 632 g/mol. The van der Waals surface area contributed by atoms with Gasteiger partial charge in [-0.05, 0) is 98.9 Å². The van der Waals surface area contributed by atoms with Crippen LogP contribution in [0.2, 0.25) is 0 Å². The fourth-order valence-electron chi connectivity index (χ4n) is 9.09. The van der Waals surface area contributed by atoms with E-state index >= 15 is 0 Å². The van der Waals surface area contributed by atoms with E-state index in [0.29, 0.717) is 37.6 Å². The summed E-state index contributed by atoms with van der Waals surface area (Å²) in [4.78, 5) is 0.00151. The first-order valence-electron chi connectivity index (χ1n) is 16.1. The van der Waals surface area contributed by atoms with Gasteiger partial charge in [-0.3, -0.25) is 8.37 Å². The van der Waals surface area contributed by atoms with Gasteiger partial charge in [-0.25, -0.2) is 0 Å². The van der Waals surface area contributed by atoms with Gasteiger partial charge in [0.25, 0.3) is 20.2 Å². The van der Waals surface area contributed by atoms with E-state index in [4.69, 9.17) is 27.3 Å². The second kappa shape index (κ2) is 12.0. The van der Waals surface area contributed by atoms with Gasteiger partial charge >= 0.3 is 0 Å². The lowest BCUT2D eigenvalue weighted by atomic mass is 9.43. The van der Waals surface area contributed by atoms with E-state index in [2.05, 4.69) is 13.8 Å². The van der Waals surface area contributed by atoms with E-state index in [-0.39, 0.29) is 39.2 Å². The maximum atomic E-state index is 13.7. The van der Waals surface area contributed by atoms with Crippen molar-refractivity contribution in [2.45, 2.75) is 92.8 Å². The van der Waals surface area contributed by atoms with Crippen LogP contribution >= 0.6 is 0 Å². The van der Waals surface area contributed by atoms with E-state index in [9.17, 15) is 16.8 Å². The quantitative estimate of drug-likeness (QED) is 0.303. The Balaban J connectivity index is 1.36. The van der Waals surface area contributed by atoms with Crippen molar-refractivity contribution in [3.8, 4) is 11.5 Å². The Morgan fingerprint density at radius 2 is 1.39 bits per heavy atom. The third kappa shape index (κ3) is 5.56. The van der Waals surface area contributed by atoms with Gasteiger partial charge in [0.15, 0.2) is 0 Å². The van der Waals surface area contributed by atoms with Crippen LogP contribution in [0.1, 0.15) is 65.7 Å². The summed E-state index contributed by atoms with van der Waals surface area (Å²) in [5.41, 5.74) is -2.15. The molecule has 2 aromatic rings. The molecule has 46 heavy (non-hydrogen) atoms. The number of methoxy groups -OCH3 is 2. The van der Waals surface area contributed by atoms with Crippen LogP contribution < -0.4 is 9.47 Å². The number of rotatable bonds is 9. The average molecular weight is 679 g/mol. The van der Waals surface area contributed by atoms with Gasteiger partial charge < -0.3 is 18.9 Å². The maximum absolute atomic E-state index is 13.7. The van der Waals surface area contributed by atoms with Crippen molar-refractivity contribution in [1.82, 2.24) is 0 Å². The van der Waals surface area contributed by atoms with Gasteiger partial charge in [0.2, 0.25) is 0 Å². The lowest BCUT2D eigenvalue weighted by Gasteiger charge is -2.65. The molecule has 2 spiro atoms. The van der Waals surface area contributed by atoms with E-state index in [0.717, 1.165) is 32.1 Å². The standard InChI is InChI=1S/C34H46O10S2/c1-24-6-15-29-31(2,22-42-45(35,36)27-11-7-25(39-4)8-12-27)30(43-46(37,38)28-13-9-26(40-5)10-14-28)16-17-32(29,3)34(24)19-18-33(44-34)20-21-41-23-33/h7-14,24,29-30H,6,15-23H2,1-5H3/t24-,29-,30+,31+,32+,33-,34+/m1/s1. The molecule has 2 aliphatic heterocycles. The molecular formula is C34H46O10S2. The van der Waals surface area contributed by atoms with Crippen molar-refractivity contribution < 1.29 is 44.1 Å². The van der Waals surface area contributed by atoms with E-state index in [1.54, 1.807) is 24.3 Å². The predicted octanol–water partition coefficient (Wildman–Crippen LogP) is 5.74. The molecule has 0 aromatic heterocycles. The van der Waals surface area contributed by atoms with Crippen molar-refractivity contribution in [1.29, 1.82) is 0 Å². The van der Waals surface area contributed by atoms with Crippen molar-refractivity contribution in [3.63, 3.8) is 0 Å². The Labute approximate surface area is 273 Å². The number of hydrogen-bond donors (Lipinski definition) is 0. The largest absolute Gasteiger partial charge is 0.497 e. The molecule has 4 fully saturated rings. The van der Waals surface area contributed by atoms with E-state index in [1.165, 1.54) is 38.5 Å². The minimum absolute atomic E-state index is 0.00479. The highest BCUT2D eigenvalue weighted by molar-refractivity contribution is 7.87. The highest BCUT2D eigenvalue weighted by atomic mass is 32.2. The minimum Gasteiger partial charge on any atom is -0.497 e. The zero-order chi connectivity index (χ0) is 33.0. The summed E-state index contributed by atoms with van der Waals surface area (Å²) in [6, 6.07) is 12.1. The molecule has 2 aromatic carbocycles. The smallest absolute Gasteiger partial charge is 0.297 e. The topological polar surface area (TPSA) is 124 Å². The molecule has 2 saturated carbocycles. The van der Waals surface area contributed by atoms with Crippen molar-refractivity contribution >= 4 is 20.2 Å². The predicted molar refractivity (Wildman–Crippen MR) is 170 cm³/mol. The number of benzene rings is 2. The molecule has 2 saturated heterocycles. The highest BCUT2D eigenvalue weighted by Gasteiger charge is 2.70. The molecule has 6 rings (SSSR count). The Morgan fingerprint density at radius 1 is 0.783 bits per heavy atom. The Morgan fingerprint density at radius 3 is 1.96 bits per heavy atom. The normalized spacial score (nSPS) is 36.2. The summed E-state index contributed by atoms with van der Waals surface area (Å²) < 4.78 is 89.8. The number of fused-ring (bicyclic) bond motifs is 2. The first kappa shape index (κ1) is 33.7. The third-order valence-corrected chi connectivity index (χ3v) is 14.4. The summed E-state index contributed by atoms with van der Waals surface area (Å²) in [7, 11) is -5.37. The minimum atomic E-state index is -4.21. The second-order valence-corrected chi connectivity index (χ2v) is 17.3. The fraction of sp³-hybridized carbons (Fsp3) is 0.647. The molecule has 254 valence electrons. The van der Waals surface area contributed by atoms with Crippen LogP contribution in [0.5, 0.6) is 11.5 Å². The molecule has 2 heterocycles. The van der Waals surface area contributed by atoms with Crippen LogP contribution in [0.15, 0.2) is 58.3 Å². The Hall–Kier alpha value is -2.22. The zero-order valence-corrected chi connectivity index (χ0v) is 29.0. The summed E-state index contributed by atoms with van der Waals surface area (Å²) >= 11 is 0. The molecule has 4 aliphatic rings. The summed E-state index contributed by atoms with van der Waals surface area (Å²) in [6.07, 6.45) is 4.49. The molecule has 0 bridgehead atoms. The van der Waals surface area contributed by atoms with Gasteiger partial charge in [-0.1, -0.05) is 20.8 Å². The first-order chi connectivity index (χ1) is 21.7. The zero-order valence-electron chi connectivity index (χ0n) is 27.3. The van der Waals surface area contributed by atoms with Gasteiger partial charge in [0.1, 0.15) is 11.5 Å². The van der Waals surface area contributed by atoms with Crippen LogP contribution in [-0.4, -0.2) is 68.2 Å². The number of ether oxygens (including phenoxy) is 4. The molecule has 0 N–H and O–H groups in total. The van der Waals surface area contributed by atoms with Gasteiger partial charge in [0.05, 0.1) is 54.5 Å². The Bertz CT molecular complexity index is 1620. The fourth-order valence-corrected chi connectivity index (χ4v) is 11.3. The molecule has 7 atom stereocenters. The Kier molecular flexibility index (Phi) is 8.81. The van der Waals surface area contributed by atoms with Crippen LogP contribution in [0, 0.1) is 22.7 Å². The van der Waals surface area contributed by atoms with Crippen LogP contribution in [0.3, 0.4) is 0 Å². The van der Waals surface area contributed by atoms with Crippen LogP contribution in [-0.2, 0) is 38.1 Å². The van der Waals surface area contributed by atoms with Crippen LogP contribution in [0.4, 0.5) is 0 Å². The lowest BCUT2D eigenvalue weighted by molar-refractivity contribution is -0.262. The molecule has 0 radical (unpaired) electrons. The molecule has 10 nitrogen and oxygen atoms in total. The lowest BCUT2D eigenvalue weighted by Crippen LogP contribution is -2.67.